The van der Waals surface area contributed by atoms with Crippen LogP contribution in [0, 0.1) is 0 Å². The molecule has 4 aromatic carbocycles. The lowest BCUT2D eigenvalue weighted by Gasteiger charge is -2.43. The van der Waals surface area contributed by atoms with Crippen molar-refractivity contribution in [2.75, 3.05) is 86.7 Å². The molecule has 19 heteroatoms. The van der Waals surface area contributed by atoms with Crippen molar-refractivity contribution in [2.24, 2.45) is 7.05 Å². The topological polar surface area (TPSA) is 170 Å². The van der Waals surface area contributed by atoms with Gasteiger partial charge in [-0.2, -0.15) is 10.1 Å². The molecular weight excluding hydrogens is 989 g/mol. The van der Waals surface area contributed by atoms with Gasteiger partial charge in [0.25, 0.3) is 5.91 Å². The van der Waals surface area contributed by atoms with Crippen molar-refractivity contribution in [1.82, 2.24) is 34.9 Å². The van der Waals surface area contributed by atoms with Gasteiger partial charge in [0.15, 0.2) is 0 Å². The molecule has 4 aliphatic heterocycles. The maximum Gasteiger partial charge on any atom is 0.255 e. The Hall–Kier alpha value is -6.62. The highest BCUT2D eigenvalue weighted by Crippen LogP contribution is 2.44. The van der Waals surface area contributed by atoms with Crippen molar-refractivity contribution in [3.8, 4) is 28.0 Å². The molecule has 1 atom stereocenters. The first-order valence-electron chi connectivity index (χ1n) is 23.8. The number of hydrogen-bond donors (Lipinski definition) is 3. The van der Waals surface area contributed by atoms with E-state index in [0.29, 0.717) is 116 Å². The standard InChI is InChI=1S/C52H56BrFN11O5P/c1-61-30-36(28-56-61)39-26-42(58-51-55-29-40(53)48(60-51)57-41-13-10-34(25-46(41)71(3,4)69)33-8-6-5-7-9-33)45(70-2)27-44(39)64-18-16-52(54,17-19-64)32-62-20-22-63(23-21-62)37-11-12-38-35(24-37)31-65(50(38)68)43-14-15-47(66)59-49(43)67/h5-13,24-30,43H,14-23,31-32H2,1-4H3,(H,59,66,67)(H2,55,57,58,60). The number of rotatable bonds is 13. The van der Waals surface area contributed by atoms with E-state index >= 15 is 4.39 Å². The lowest BCUT2D eigenvalue weighted by atomic mass is 9.91. The second kappa shape index (κ2) is 19.5. The van der Waals surface area contributed by atoms with Crippen LogP contribution in [0.2, 0.25) is 0 Å². The average Bonchev–Trinajstić information content (AvgIpc) is 3.94. The normalized spacial score (nSPS) is 18.4. The number of carbonyl (C=O) groups excluding carboxylic acids is 3. The highest BCUT2D eigenvalue weighted by molar-refractivity contribution is 9.10. The molecule has 0 aliphatic carbocycles. The first-order valence-corrected chi connectivity index (χ1v) is 27.2. The number of hydrogen-bond acceptors (Lipinski definition) is 13. The van der Waals surface area contributed by atoms with Gasteiger partial charge in [0.05, 0.1) is 29.2 Å². The van der Waals surface area contributed by atoms with Crippen LogP contribution in [-0.2, 0) is 27.7 Å². The molecule has 3 N–H and O–H groups in total. The minimum atomic E-state index is -2.73. The monoisotopic (exact) mass is 1040 g/mol. The van der Waals surface area contributed by atoms with Gasteiger partial charge in [-0.1, -0.05) is 36.4 Å². The molecule has 0 bridgehead atoms. The van der Waals surface area contributed by atoms with Gasteiger partial charge in [-0.3, -0.25) is 29.3 Å². The number of imide groups is 1. The molecule has 71 heavy (non-hydrogen) atoms. The predicted octanol–water partition coefficient (Wildman–Crippen LogP) is 7.94. The molecule has 16 nitrogen and oxygen atoms in total. The molecule has 368 valence electrons. The van der Waals surface area contributed by atoms with Gasteiger partial charge < -0.3 is 34.6 Å². The smallest absolute Gasteiger partial charge is 0.255 e. The summed E-state index contributed by atoms with van der Waals surface area (Å²) in [6, 6.07) is 25.1. The average molecular weight is 1040 g/mol. The van der Waals surface area contributed by atoms with Gasteiger partial charge in [-0.05, 0) is 88.8 Å². The number of anilines is 6. The molecule has 3 amide bonds. The lowest BCUT2D eigenvalue weighted by molar-refractivity contribution is -0.136. The Kier molecular flexibility index (Phi) is 13.2. The molecule has 0 saturated carbocycles. The molecular formula is C52H56BrFN11O5P. The Labute approximate surface area is 420 Å². The number of aromatic nitrogens is 4. The van der Waals surface area contributed by atoms with E-state index in [4.69, 9.17) is 9.72 Å². The minimum absolute atomic E-state index is 0.189. The number of alkyl halides is 1. The number of nitrogens with zero attached hydrogens (tertiary/aromatic N) is 8. The number of amides is 3. The fraction of sp³-hybridized carbons (Fsp3) is 0.346. The van der Waals surface area contributed by atoms with Crippen LogP contribution in [0.15, 0.2) is 102 Å². The van der Waals surface area contributed by atoms with E-state index in [-0.39, 0.29) is 18.2 Å². The van der Waals surface area contributed by atoms with Crippen molar-refractivity contribution in [3.05, 3.63) is 113 Å². The Balaban J connectivity index is 0.805. The van der Waals surface area contributed by atoms with Crippen LogP contribution in [0.25, 0.3) is 22.3 Å². The summed E-state index contributed by atoms with van der Waals surface area (Å²) in [4.78, 5) is 55.2. The zero-order chi connectivity index (χ0) is 49.6. The van der Waals surface area contributed by atoms with Crippen LogP contribution in [-0.4, -0.2) is 125 Å². The second-order valence-electron chi connectivity index (χ2n) is 19.2. The number of piperidine rings is 2. The van der Waals surface area contributed by atoms with Crippen molar-refractivity contribution in [1.29, 1.82) is 0 Å². The van der Waals surface area contributed by atoms with E-state index in [1.165, 1.54) is 0 Å². The summed E-state index contributed by atoms with van der Waals surface area (Å²) in [5, 5.41) is 14.3. The zero-order valence-electron chi connectivity index (χ0n) is 40.1. The molecule has 0 radical (unpaired) electrons. The predicted molar refractivity (Wildman–Crippen MR) is 279 cm³/mol. The van der Waals surface area contributed by atoms with Gasteiger partial charge >= 0.3 is 0 Å². The Morgan fingerprint density at radius 2 is 1.63 bits per heavy atom. The van der Waals surface area contributed by atoms with Gasteiger partial charge in [0, 0.05) is 130 Å². The maximum atomic E-state index is 16.9. The summed E-state index contributed by atoms with van der Waals surface area (Å²) in [5.41, 5.74) is 7.08. The largest absolute Gasteiger partial charge is 0.494 e. The third kappa shape index (κ3) is 10.2. The molecule has 1 unspecified atom stereocenters. The molecule has 0 spiro atoms. The van der Waals surface area contributed by atoms with Gasteiger partial charge in [0.2, 0.25) is 17.8 Å². The summed E-state index contributed by atoms with van der Waals surface area (Å²) in [6.07, 6.45) is 6.68. The van der Waals surface area contributed by atoms with Crippen LogP contribution in [0.3, 0.4) is 0 Å². The van der Waals surface area contributed by atoms with E-state index in [2.05, 4.69) is 56.7 Å². The molecule has 6 aromatic rings. The Morgan fingerprint density at radius 1 is 0.859 bits per heavy atom. The fourth-order valence-electron chi connectivity index (χ4n) is 10.2. The van der Waals surface area contributed by atoms with Crippen LogP contribution in [0.1, 0.15) is 41.6 Å². The number of aryl methyl sites for hydroxylation is 1. The van der Waals surface area contributed by atoms with E-state index in [9.17, 15) is 18.9 Å². The van der Waals surface area contributed by atoms with Gasteiger partial charge in [-0.25, -0.2) is 9.37 Å². The highest BCUT2D eigenvalue weighted by Gasteiger charge is 2.40. The number of ether oxygens (including phenoxy) is 1. The first-order chi connectivity index (χ1) is 34.1. The summed E-state index contributed by atoms with van der Waals surface area (Å²) in [7, 11) is 0.756. The molecule has 2 aromatic heterocycles. The molecule has 4 aliphatic rings. The number of benzene rings is 4. The third-order valence-corrected chi connectivity index (χ3v) is 16.1. The lowest BCUT2D eigenvalue weighted by Crippen LogP contribution is -2.53. The quantitative estimate of drug-likeness (QED) is 0.0754. The van der Waals surface area contributed by atoms with Crippen molar-refractivity contribution >= 4 is 80.6 Å². The number of carbonyl (C=O) groups is 3. The molecule has 10 rings (SSSR count). The second-order valence-corrected chi connectivity index (χ2v) is 23.2. The minimum Gasteiger partial charge on any atom is -0.494 e. The van der Waals surface area contributed by atoms with Crippen LogP contribution < -0.4 is 35.8 Å². The number of methoxy groups -OCH3 is 1. The SMILES string of the molecule is COc1cc(N2CCC(F)(CN3CCN(c4ccc5c(c4)CN(C4CCC(=O)NC4=O)C5=O)CC3)CC2)c(-c2cnn(C)c2)cc1Nc1ncc(Br)c(Nc2ccc(-c3ccccc3)cc2P(C)(C)=O)n1. The van der Waals surface area contributed by atoms with Crippen molar-refractivity contribution in [2.45, 2.75) is 43.9 Å². The molecule has 3 fully saturated rings. The summed E-state index contributed by atoms with van der Waals surface area (Å²) in [6.45, 7) is 8.03. The molecule has 6 heterocycles. The number of halogens is 2. The van der Waals surface area contributed by atoms with Crippen LogP contribution in [0.5, 0.6) is 5.75 Å². The summed E-state index contributed by atoms with van der Waals surface area (Å²) < 4.78 is 38.9. The van der Waals surface area contributed by atoms with Crippen LogP contribution in [0.4, 0.5) is 38.9 Å². The highest BCUT2D eigenvalue weighted by atomic mass is 79.9. The van der Waals surface area contributed by atoms with Crippen molar-refractivity contribution < 1.29 is 28.1 Å². The third-order valence-electron chi connectivity index (χ3n) is 14.0. The summed E-state index contributed by atoms with van der Waals surface area (Å²) in [5.74, 6) is 0.429. The van der Waals surface area contributed by atoms with Crippen molar-refractivity contribution in [3.63, 3.8) is 0 Å². The van der Waals surface area contributed by atoms with E-state index in [1.54, 1.807) is 36.2 Å². The number of piperazine rings is 1. The zero-order valence-corrected chi connectivity index (χ0v) is 42.6. The van der Waals surface area contributed by atoms with Gasteiger partial charge in [0.1, 0.15) is 30.4 Å². The molecule has 3 saturated heterocycles. The van der Waals surface area contributed by atoms with Crippen LogP contribution >= 0.6 is 23.1 Å². The number of nitrogens with one attached hydrogen (secondary N) is 3. The Morgan fingerprint density at radius 3 is 2.34 bits per heavy atom. The Bertz CT molecular complexity index is 3080. The summed E-state index contributed by atoms with van der Waals surface area (Å²) >= 11 is 3.62. The van der Waals surface area contributed by atoms with Gasteiger partial charge in [-0.15, -0.1) is 0 Å². The van der Waals surface area contributed by atoms with E-state index in [1.807, 2.05) is 98.3 Å². The first kappa shape index (κ1) is 48.0. The maximum absolute atomic E-state index is 16.9. The van der Waals surface area contributed by atoms with E-state index < -0.39 is 24.8 Å². The number of fused-ring (bicyclic) bond motifs is 1. The van der Waals surface area contributed by atoms with E-state index in [0.717, 1.165) is 39.2 Å². The fourth-order valence-corrected chi connectivity index (χ4v) is 11.6.